The molecule has 1 aromatic carbocycles. The maximum Gasteiger partial charge on any atom is 0.0720 e. The molecule has 0 aliphatic heterocycles. The summed E-state index contributed by atoms with van der Waals surface area (Å²) in [6.07, 6.45) is 12.4. The minimum absolute atomic E-state index is 0.278. The molecule has 1 aliphatic carbocycles. The maximum absolute atomic E-state index is 6.36. The Labute approximate surface area is 141 Å². The van der Waals surface area contributed by atoms with Gasteiger partial charge in [0.15, 0.2) is 0 Å². The van der Waals surface area contributed by atoms with Crippen molar-refractivity contribution in [2.24, 2.45) is 5.92 Å². The summed E-state index contributed by atoms with van der Waals surface area (Å²) in [4.78, 5) is 0. The molecule has 0 unspecified atom stereocenters. The Kier molecular flexibility index (Phi) is 8.41. The van der Waals surface area contributed by atoms with Crippen molar-refractivity contribution in [3.63, 3.8) is 0 Å². The molecular weight excluding hydrogens is 284 g/mol. The van der Waals surface area contributed by atoms with Gasteiger partial charge < -0.3 is 9.47 Å². The highest BCUT2D eigenvalue weighted by molar-refractivity contribution is 5.13. The van der Waals surface area contributed by atoms with Crippen molar-refractivity contribution >= 4 is 0 Å². The van der Waals surface area contributed by atoms with Crippen LogP contribution >= 0.6 is 0 Å². The van der Waals surface area contributed by atoms with Gasteiger partial charge in [-0.1, -0.05) is 62.1 Å². The minimum atomic E-state index is 0.278. The molecule has 0 amide bonds. The number of rotatable bonds is 8. The molecule has 0 spiro atoms. The van der Waals surface area contributed by atoms with Crippen LogP contribution in [0.5, 0.6) is 0 Å². The molecule has 23 heavy (non-hydrogen) atoms. The zero-order valence-corrected chi connectivity index (χ0v) is 14.6. The summed E-state index contributed by atoms with van der Waals surface area (Å²) in [5.74, 6) is 0.601. The zero-order chi connectivity index (χ0) is 16.3. The Morgan fingerprint density at radius 1 is 1.13 bits per heavy atom. The summed E-state index contributed by atoms with van der Waals surface area (Å²) in [7, 11) is 1.82. The molecular formula is C21H32O2. The predicted octanol–water partition coefficient (Wildman–Crippen LogP) is 5.52. The van der Waals surface area contributed by atoms with Crippen molar-refractivity contribution in [1.29, 1.82) is 0 Å². The largest absolute Gasteiger partial charge is 0.381 e. The Balaban J connectivity index is 1.95. The van der Waals surface area contributed by atoms with Gasteiger partial charge in [-0.15, -0.1) is 6.58 Å². The summed E-state index contributed by atoms with van der Waals surface area (Å²) in [5, 5.41) is 0. The summed E-state index contributed by atoms with van der Waals surface area (Å²) in [6.45, 7) is 4.58. The molecule has 0 aromatic heterocycles. The SMILES string of the molecule is C=CC[C@H](C[C@H]1CCCCCC[C@@H]1OCc1ccccc1)OC. The maximum atomic E-state index is 6.36. The van der Waals surface area contributed by atoms with E-state index >= 15 is 0 Å². The summed E-state index contributed by atoms with van der Waals surface area (Å²) in [5.41, 5.74) is 1.27. The van der Waals surface area contributed by atoms with Crippen LogP contribution in [-0.2, 0) is 16.1 Å². The monoisotopic (exact) mass is 316 g/mol. The Bertz CT molecular complexity index is 429. The van der Waals surface area contributed by atoms with Crippen LogP contribution in [0.25, 0.3) is 0 Å². The lowest BCUT2D eigenvalue weighted by Crippen LogP contribution is -2.29. The average molecular weight is 316 g/mol. The third-order valence-corrected chi connectivity index (χ3v) is 4.97. The normalized spacial score (nSPS) is 23.7. The van der Waals surface area contributed by atoms with E-state index in [1.807, 2.05) is 13.2 Å². The van der Waals surface area contributed by atoms with E-state index in [4.69, 9.17) is 9.47 Å². The minimum Gasteiger partial charge on any atom is -0.381 e. The van der Waals surface area contributed by atoms with Gasteiger partial charge in [0.25, 0.3) is 0 Å². The fourth-order valence-corrected chi connectivity index (χ4v) is 3.61. The van der Waals surface area contributed by atoms with Crippen LogP contribution in [0.2, 0.25) is 0 Å². The Morgan fingerprint density at radius 2 is 1.87 bits per heavy atom. The molecule has 0 N–H and O–H groups in total. The molecule has 0 bridgehead atoms. The van der Waals surface area contributed by atoms with E-state index < -0.39 is 0 Å². The van der Waals surface area contributed by atoms with Crippen molar-refractivity contribution in [2.45, 2.75) is 70.2 Å². The summed E-state index contributed by atoms with van der Waals surface area (Å²) in [6, 6.07) is 10.5. The standard InChI is InChI=1S/C21H32O2/c1-3-11-20(22-2)16-19-14-9-4-5-10-15-21(19)23-17-18-12-7-6-8-13-18/h3,6-8,12-13,19-21H,1,4-5,9-11,14-17H2,2H3/t19-,20-,21+/m1/s1. The molecule has 3 atom stereocenters. The number of methoxy groups -OCH3 is 1. The van der Waals surface area contributed by atoms with Gasteiger partial charge in [-0.3, -0.25) is 0 Å². The van der Waals surface area contributed by atoms with Crippen LogP contribution in [0, 0.1) is 5.92 Å². The second kappa shape index (κ2) is 10.6. The van der Waals surface area contributed by atoms with Crippen molar-refractivity contribution in [3.05, 3.63) is 48.6 Å². The van der Waals surface area contributed by atoms with Crippen LogP contribution in [0.4, 0.5) is 0 Å². The lowest BCUT2D eigenvalue weighted by atomic mass is 9.84. The van der Waals surface area contributed by atoms with Gasteiger partial charge in [0.05, 0.1) is 18.8 Å². The molecule has 0 radical (unpaired) electrons. The topological polar surface area (TPSA) is 18.5 Å². The first-order valence-corrected chi connectivity index (χ1v) is 9.12. The lowest BCUT2D eigenvalue weighted by molar-refractivity contribution is -0.0321. The van der Waals surface area contributed by atoms with Gasteiger partial charge in [-0.25, -0.2) is 0 Å². The lowest BCUT2D eigenvalue weighted by Gasteiger charge is -2.31. The number of benzene rings is 1. The van der Waals surface area contributed by atoms with Crippen LogP contribution < -0.4 is 0 Å². The molecule has 2 rings (SSSR count). The fourth-order valence-electron chi connectivity index (χ4n) is 3.61. The van der Waals surface area contributed by atoms with E-state index in [0.717, 1.165) is 19.4 Å². The molecule has 0 heterocycles. The van der Waals surface area contributed by atoms with Gasteiger partial charge in [0.2, 0.25) is 0 Å². The molecule has 2 heteroatoms. The first-order valence-electron chi connectivity index (χ1n) is 9.12. The smallest absolute Gasteiger partial charge is 0.0720 e. The molecule has 0 saturated heterocycles. The van der Waals surface area contributed by atoms with Gasteiger partial charge in [0.1, 0.15) is 0 Å². The van der Waals surface area contributed by atoms with E-state index in [1.54, 1.807) is 0 Å². The summed E-state index contributed by atoms with van der Waals surface area (Å²) >= 11 is 0. The first-order chi connectivity index (χ1) is 11.3. The Hall–Kier alpha value is -1.12. The molecule has 1 aliphatic rings. The van der Waals surface area contributed by atoms with Gasteiger partial charge in [0, 0.05) is 7.11 Å². The van der Waals surface area contributed by atoms with Crippen molar-refractivity contribution in [1.82, 2.24) is 0 Å². The van der Waals surface area contributed by atoms with E-state index in [1.165, 1.54) is 44.1 Å². The van der Waals surface area contributed by atoms with Crippen LogP contribution in [0.15, 0.2) is 43.0 Å². The first kappa shape index (κ1) is 18.2. The fraction of sp³-hybridized carbons (Fsp3) is 0.619. The third kappa shape index (κ3) is 6.48. The van der Waals surface area contributed by atoms with Crippen molar-refractivity contribution in [2.75, 3.05) is 7.11 Å². The van der Waals surface area contributed by atoms with Gasteiger partial charge >= 0.3 is 0 Å². The molecule has 1 fully saturated rings. The molecule has 2 nitrogen and oxygen atoms in total. The van der Waals surface area contributed by atoms with Gasteiger partial charge in [-0.2, -0.15) is 0 Å². The van der Waals surface area contributed by atoms with E-state index in [0.29, 0.717) is 12.0 Å². The zero-order valence-electron chi connectivity index (χ0n) is 14.6. The number of hydrogen-bond donors (Lipinski definition) is 0. The number of ether oxygens (including phenoxy) is 2. The highest BCUT2D eigenvalue weighted by Crippen LogP contribution is 2.30. The van der Waals surface area contributed by atoms with Gasteiger partial charge in [-0.05, 0) is 37.2 Å². The molecule has 1 aromatic rings. The number of hydrogen-bond acceptors (Lipinski definition) is 2. The third-order valence-electron chi connectivity index (χ3n) is 4.97. The van der Waals surface area contributed by atoms with E-state index in [2.05, 4.69) is 36.9 Å². The van der Waals surface area contributed by atoms with Crippen molar-refractivity contribution < 1.29 is 9.47 Å². The highest BCUT2D eigenvalue weighted by Gasteiger charge is 2.26. The van der Waals surface area contributed by atoms with E-state index in [-0.39, 0.29) is 6.10 Å². The van der Waals surface area contributed by atoms with E-state index in [9.17, 15) is 0 Å². The average Bonchev–Trinajstić information content (AvgIpc) is 2.57. The molecule has 128 valence electrons. The van der Waals surface area contributed by atoms with Crippen LogP contribution in [0.1, 0.15) is 56.9 Å². The van der Waals surface area contributed by atoms with Crippen molar-refractivity contribution in [3.8, 4) is 0 Å². The quantitative estimate of drug-likeness (QED) is 0.588. The van der Waals surface area contributed by atoms with Crippen LogP contribution in [-0.4, -0.2) is 19.3 Å². The second-order valence-electron chi connectivity index (χ2n) is 6.70. The summed E-state index contributed by atoms with van der Waals surface area (Å²) < 4.78 is 12.0. The second-order valence-corrected chi connectivity index (χ2v) is 6.70. The van der Waals surface area contributed by atoms with Crippen LogP contribution in [0.3, 0.4) is 0 Å². The highest BCUT2D eigenvalue weighted by atomic mass is 16.5. The Morgan fingerprint density at radius 3 is 2.57 bits per heavy atom. The predicted molar refractivity (Wildman–Crippen MR) is 96.4 cm³/mol. The molecule has 1 saturated carbocycles.